The lowest BCUT2D eigenvalue weighted by atomic mass is 9.64. The molecule has 1 aliphatic heterocycles. The van der Waals surface area contributed by atoms with Crippen molar-refractivity contribution in [2.45, 2.75) is 44.1 Å². The molecule has 0 radical (unpaired) electrons. The first kappa shape index (κ1) is 22.9. The quantitative estimate of drug-likeness (QED) is 0.469. The Balaban J connectivity index is 1.49. The minimum atomic E-state index is -0.843. The number of carbonyl (C=O) groups excluding carboxylic acids is 2. The van der Waals surface area contributed by atoms with Crippen LogP contribution in [0.2, 0.25) is 0 Å². The molecule has 0 saturated heterocycles. The van der Waals surface area contributed by atoms with E-state index in [9.17, 15) is 9.59 Å². The van der Waals surface area contributed by atoms with Gasteiger partial charge in [-0.05, 0) is 42.7 Å². The molecule has 2 atom stereocenters. The van der Waals surface area contributed by atoms with Gasteiger partial charge in [-0.3, -0.25) is 9.59 Å². The summed E-state index contributed by atoms with van der Waals surface area (Å²) in [5.41, 5.74) is 7.31. The fourth-order valence-electron chi connectivity index (χ4n) is 5.53. The van der Waals surface area contributed by atoms with E-state index in [-0.39, 0.29) is 17.8 Å². The van der Waals surface area contributed by atoms with E-state index in [1.54, 1.807) is 0 Å². The zero-order chi connectivity index (χ0) is 23.3. The molecule has 1 heterocycles. The standard InChI is InChI=1S/C27H33N3O3/c1-21(31)33-18-8-15-29-16-17-30(20-29)25-14-13-24(19-25)27(26(28)32,22-9-4-2-5-10-22)23-11-6-3-7-12-23/h2-7,9-12,16-17,24-25H,8,13-15,18-20H2,1H3,(H2,28,32). The predicted molar refractivity (Wildman–Crippen MR) is 128 cm³/mol. The highest BCUT2D eigenvalue weighted by atomic mass is 16.5. The van der Waals surface area contributed by atoms with Crippen molar-refractivity contribution in [1.82, 2.24) is 9.80 Å². The van der Waals surface area contributed by atoms with Crippen molar-refractivity contribution in [2.75, 3.05) is 19.8 Å². The number of nitrogens with zero attached hydrogens (tertiary/aromatic N) is 2. The Morgan fingerprint density at radius 3 is 2.21 bits per heavy atom. The molecular formula is C27H33N3O3. The topological polar surface area (TPSA) is 75.9 Å². The number of rotatable bonds is 9. The number of carbonyl (C=O) groups is 2. The average Bonchev–Trinajstić information content (AvgIpc) is 3.49. The van der Waals surface area contributed by atoms with Gasteiger partial charge in [0.2, 0.25) is 5.91 Å². The van der Waals surface area contributed by atoms with Gasteiger partial charge in [0.05, 0.1) is 13.3 Å². The van der Waals surface area contributed by atoms with Gasteiger partial charge in [0.25, 0.3) is 0 Å². The number of hydrogen-bond acceptors (Lipinski definition) is 5. The number of esters is 1. The lowest BCUT2D eigenvalue weighted by Gasteiger charge is -2.38. The predicted octanol–water partition coefficient (Wildman–Crippen LogP) is 3.63. The van der Waals surface area contributed by atoms with E-state index in [1.807, 2.05) is 60.7 Å². The van der Waals surface area contributed by atoms with Crippen molar-refractivity contribution in [3.8, 4) is 0 Å². The summed E-state index contributed by atoms with van der Waals surface area (Å²) < 4.78 is 5.04. The molecule has 0 spiro atoms. The second-order valence-corrected chi connectivity index (χ2v) is 9.03. The number of amides is 1. The molecule has 1 amide bonds. The summed E-state index contributed by atoms with van der Waals surface area (Å²) in [7, 11) is 0. The van der Waals surface area contributed by atoms with Crippen molar-refractivity contribution >= 4 is 11.9 Å². The largest absolute Gasteiger partial charge is 0.466 e. The van der Waals surface area contributed by atoms with Crippen molar-refractivity contribution in [1.29, 1.82) is 0 Å². The maximum Gasteiger partial charge on any atom is 0.302 e. The molecule has 0 aromatic heterocycles. The molecule has 2 unspecified atom stereocenters. The van der Waals surface area contributed by atoms with E-state index in [2.05, 4.69) is 22.2 Å². The van der Waals surface area contributed by atoms with Gasteiger partial charge in [-0.1, -0.05) is 60.7 Å². The first-order valence-electron chi connectivity index (χ1n) is 11.7. The summed E-state index contributed by atoms with van der Waals surface area (Å²) in [4.78, 5) is 28.8. The Morgan fingerprint density at radius 2 is 1.64 bits per heavy atom. The fourth-order valence-corrected chi connectivity index (χ4v) is 5.53. The lowest BCUT2D eigenvalue weighted by Crippen LogP contribution is -2.48. The van der Waals surface area contributed by atoms with Crippen LogP contribution in [0.3, 0.4) is 0 Å². The van der Waals surface area contributed by atoms with Gasteiger partial charge >= 0.3 is 5.97 Å². The van der Waals surface area contributed by atoms with Crippen LogP contribution in [0.4, 0.5) is 0 Å². The zero-order valence-corrected chi connectivity index (χ0v) is 19.2. The third kappa shape index (κ3) is 4.75. The van der Waals surface area contributed by atoms with Gasteiger partial charge in [0.1, 0.15) is 5.41 Å². The summed E-state index contributed by atoms with van der Waals surface area (Å²) in [6.07, 6.45) is 7.92. The van der Waals surface area contributed by atoms with Crippen molar-refractivity contribution in [3.63, 3.8) is 0 Å². The number of hydrogen-bond donors (Lipinski definition) is 1. The van der Waals surface area contributed by atoms with E-state index < -0.39 is 5.41 Å². The minimum Gasteiger partial charge on any atom is -0.466 e. The average molecular weight is 448 g/mol. The van der Waals surface area contributed by atoms with Crippen LogP contribution < -0.4 is 5.73 Å². The summed E-state index contributed by atoms with van der Waals surface area (Å²) in [5, 5.41) is 0. The Kier molecular flexibility index (Phi) is 7.02. The van der Waals surface area contributed by atoms with E-state index >= 15 is 0 Å². The monoisotopic (exact) mass is 447 g/mol. The SMILES string of the molecule is CC(=O)OCCCN1C=CN(C2CCC(C(C(N)=O)(c3ccccc3)c3ccccc3)C2)C1. The zero-order valence-electron chi connectivity index (χ0n) is 19.2. The van der Waals surface area contributed by atoms with Crippen LogP contribution in [0.15, 0.2) is 73.1 Å². The molecule has 2 N–H and O–H groups in total. The van der Waals surface area contributed by atoms with Gasteiger partial charge in [0, 0.05) is 31.9 Å². The normalized spacial score (nSPS) is 20.3. The molecule has 1 fully saturated rings. The maximum atomic E-state index is 13.2. The van der Waals surface area contributed by atoms with E-state index in [0.29, 0.717) is 12.6 Å². The summed E-state index contributed by atoms with van der Waals surface area (Å²) in [6.45, 7) is 3.54. The first-order valence-corrected chi connectivity index (χ1v) is 11.7. The summed E-state index contributed by atoms with van der Waals surface area (Å²) in [5.74, 6) is -0.397. The van der Waals surface area contributed by atoms with E-state index in [1.165, 1.54) is 6.92 Å². The molecule has 2 aliphatic rings. The Hall–Kier alpha value is -3.28. The number of nitrogens with two attached hydrogens (primary N) is 1. The second kappa shape index (κ2) is 10.1. The Labute approximate surface area is 196 Å². The molecule has 2 aromatic carbocycles. The van der Waals surface area contributed by atoms with Crippen molar-refractivity contribution in [3.05, 3.63) is 84.2 Å². The fraction of sp³-hybridized carbons (Fsp3) is 0.407. The number of ether oxygens (including phenoxy) is 1. The maximum absolute atomic E-state index is 13.2. The third-order valence-corrected chi connectivity index (χ3v) is 7.04. The molecule has 33 heavy (non-hydrogen) atoms. The highest BCUT2D eigenvalue weighted by Crippen LogP contribution is 2.48. The third-order valence-electron chi connectivity index (χ3n) is 7.04. The molecular weight excluding hydrogens is 414 g/mol. The van der Waals surface area contributed by atoms with Crippen LogP contribution in [0.25, 0.3) is 0 Å². The molecule has 6 nitrogen and oxygen atoms in total. The molecule has 4 rings (SSSR count). The van der Waals surface area contributed by atoms with Crippen LogP contribution in [-0.2, 0) is 19.7 Å². The Bertz CT molecular complexity index is 937. The van der Waals surface area contributed by atoms with Crippen LogP contribution in [0.5, 0.6) is 0 Å². The van der Waals surface area contributed by atoms with Gasteiger partial charge in [-0.2, -0.15) is 0 Å². The summed E-state index contributed by atoms with van der Waals surface area (Å²) >= 11 is 0. The van der Waals surface area contributed by atoms with Gasteiger partial charge < -0.3 is 20.3 Å². The second-order valence-electron chi connectivity index (χ2n) is 9.03. The highest BCUT2D eigenvalue weighted by molar-refractivity contribution is 5.91. The van der Waals surface area contributed by atoms with Gasteiger partial charge in [-0.25, -0.2) is 0 Å². The highest BCUT2D eigenvalue weighted by Gasteiger charge is 2.50. The van der Waals surface area contributed by atoms with E-state index in [4.69, 9.17) is 10.5 Å². The molecule has 174 valence electrons. The van der Waals surface area contributed by atoms with E-state index in [0.717, 1.165) is 50.0 Å². The minimum absolute atomic E-state index is 0.121. The van der Waals surface area contributed by atoms with Gasteiger partial charge in [-0.15, -0.1) is 0 Å². The summed E-state index contributed by atoms with van der Waals surface area (Å²) in [6, 6.07) is 20.4. The van der Waals surface area contributed by atoms with Crippen LogP contribution in [-0.4, -0.2) is 47.5 Å². The lowest BCUT2D eigenvalue weighted by molar-refractivity contribution is -0.141. The van der Waals surface area contributed by atoms with Crippen LogP contribution in [0.1, 0.15) is 43.7 Å². The number of primary amides is 1. The Morgan fingerprint density at radius 1 is 1.00 bits per heavy atom. The van der Waals surface area contributed by atoms with Crippen molar-refractivity contribution in [2.24, 2.45) is 11.7 Å². The smallest absolute Gasteiger partial charge is 0.302 e. The molecule has 2 aromatic rings. The van der Waals surface area contributed by atoms with Gasteiger partial charge in [0.15, 0.2) is 0 Å². The molecule has 1 aliphatic carbocycles. The van der Waals surface area contributed by atoms with Crippen LogP contribution >= 0.6 is 0 Å². The number of benzene rings is 2. The molecule has 1 saturated carbocycles. The van der Waals surface area contributed by atoms with Crippen molar-refractivity contribution < 1.29 is 14.3 Å². The van der Waals surface area contributed by atoms with Crippen LogP contribution in [0, 0.1) is 5.92 Å². The first-order chi connectivity index (χ1) is 16.0. The molecule has 6 heteroatoms. The molecule has 0 bridgehead atoms.